The van der Waals surface area contributed by atoms with Crippen LogP contribution in [-0.4, -0.2) is 47.7 Å². The first-order valence-corrected chi connectivity index (χ1v) is 9.76. The lowest BCUT2D eigenvalue weighted by Crippen LogP contribution is -2.47. The summed E-state index contributed by atoms with van der Waals surface area (Å²) in [6.45, 7) is 3.50. The second-order valence-electron chi connectivity index (χ2n) is 7.39. The Hall–Kier alpha value is -3.46. The van der Waals surface area contributed by atoms with Crippen LogP contribution in [0.3, 0.4) is 0 Å². The number of halogens is 1. The topological polar surface area (TPSA) is 122 Å². The number of anilines is 1. The van der Waals surface area contributed by atoms with Gasteiger partial charge in [0.1, 0.15) is 11.1 Å². The van der Waals surface area contributed by atoms with E-state index in [0.29, 0.717) is 11.3 Å². The van der Waals surface area contributed by atoms with Crippen molar-refractivity contribution in [1.29, 1.82) is 0 Å². The molecule has 0 saturated carbocycles. The van der Waals surface area contributed by atoms with Crippen molar-refractivity contribution in [1.82, 2.24) is 10.2 Å². The van der Waals surface area contributed by atoms with Crippen LogP contribution in [0.4, 0.5) is 11.4 Å². The maximum atomic E-state index is 12.8. The summed E-state index contributed by atoms with van der Waals surface area (Å²) in [5.74, 6) is -1.63. The molecule has 0 aromatic heterocycles. The average Bonchev–Trinajstić information content (AvgIpc) is 2.71. The number of nitrogens with one attached hydrogen (secondary N) is 2. The molecule has 3 amide bonds. The molecule has 0 radical (unpaired) electrons. The van der Waals surface area contributed by atoms with Crippen LogP contribution in [0.25, 0.3) is 0 Å². The van der Waals surface area contributed by atoms with Crippen LogP contribution in [-0.2, 0) is 4.79 Å². The minimum Gasteiger partial charge on any atom is -0.345 e. The second-order valence-corrected chi connectivity index (χ2v) is 7.80. The Morgan fingerprint density at radius 1 is 1.06 bits per heavy atom. The summed E-state index contributed by atoms with van der Waals surface area (Å²) in [7, 11) is 3.25. The number of carbonyl (C=O) groups excluding carboxylic acids is 3. The van der Waals surface area contributed by atoms with E-state index in [0.717, 1.165) is 6.07 Å². The molecule has 1 atom stereocenters. The molecule has 0 aliphatic heterocycles. The van der Waals surface area contributed by atoms with Gasteiger partial charge in [0.2, 0.25) is 5.91 Å². The fourth-order valence-electron chi connectivity index (χ4n) is 2.76. The number of carbonyl (C=O) groups is 3. The van der Waals surface area contributed by atoms with Crippen LogP contribution < -0.4 is 10.6 Å². The molecule has 164 valence electrons. The molecular weight excluding hydrogens is 424 g/mol. The van der Waals surface area contributed by atoms with E-state index in [4.69, 9.17) is 11.6 Å². The highest BCUT2D eigenvalue weighted by Gasteiger charge is 2.26. The monoisotopic (exact) mass is 446 g/mol. The number of amides is 3. The van der Waals surface area contributed by atoms with Gasteiger partial charge in [-0.2, -0.15) is 0 Å². The number of nitro groups is 1. The standard InChI is InChI=1S/C21H23ClN4O5/c1-12(2)18(24-19(27)13-8-9-16(22)17(11-13)26(30)31)20(28)23-15-7-5-6-14(10-15)21(29)25(3)4/h5-12,18H,1-4H3,(H,23,28)(H,24,27). The predicted octanol–water partition coefficient (Wildman–Crippen LogP) is 3.34. The number of nitro benzene ring substituents is 1. The van der Waals surface area contributed by atoms with Gasteiger partial charge in [0.25, 0.3) is 17.5 Å². The van der Waals surface area contributed by atoms with Crippen molar-refractivity contribution in [2.45, 2.75) is 19.9 Å². The third-order valence-corrected chi connectivity index (χ3v) is 4.74. The molecular formula is C21H23ClN4O5. The van der Waals surface area contributed by atoms with Gasteiger partial charge in [0, 0.05) is 37.0 Å². The zero-order chi connectivity index (χ0) is 23.3. The fraction of sp³-hybridized carbons (Fsp3) is 0.286. The quantitative estimate of drug-likeness (QED) is 0.499. The van der Waals surface area contributed by atoms with Crippen LogP contribution in [0.5, 0.6) is 0 Å². The van der Waals surface area contributed by atoms with E-state index in [2.05, 4.69) is 10.6 Å². The molecule has 0 saturated heterocycles. The molecule has 2 N–H and O–H groups in total. The third-order valence-electron chi connectivity index (χ3n) is 4.42. The lowest BCUT2D eigenvalue weighted by atomic mass is 10.0. The van der Waals surface area contributed by atoms with Crippen molar-refractivity contribution in [3.8, 4) is 0 Å². The summed E-state index contributed by atoms with van der Waals surface area (Å²) < 4.78 is 0. The molecule has 9 nitrogen and oxygen atoms in total. The van der Waals surface area contributed by atoms with Crippen molar-refractivity contribution in [3.05, 3.63) is 68.7 Å². The molecule has 2 aromatic carbocycles. The molecule has 0 bridgehead atoms. The van der Waals surface area contributed by atoms with E-state index >= 15 is 0 Å². The van der Waals surface area contributed by atoms with Gasteiger partial charge in [0.05, 0.1) is 4.92 Å². The Bertz CT molecular complexity index is 1020. The summed E-state index contributed by atoms with van der Waals surface area (Å²) in [5.41, 5.74) is 0.413. The van der Waals surface area contributed by atoms with Gasteiger partial charge in [-0.15, -0.1) is 0 Å². The van der Waals surface area contributed by atoms with Crippen molar-refractivity contribution in [2.75, 3.05) is 19.4 Å². The third kappa shape index (κ3) is 6.02. The highest BCUT2D eigenvalue weighted by molar-refractivity contribution is 6.32. The zero-order valence-electron chi connectivity index (χ0n) is 17.5. The van der Waals surface area contributed by atoms with Crippen LogP contribution >= 0.6 is 11.6 Å². The number of nitrogens with zero attached hydrogens (tertiary/aromatic N) is 2. The first-order chi connectivity index (χ1) is 14.5. The maximum Gasteiger partial charge on any atom is 0.288 e. The summed E-state index contributed by atoms with van der Waals surface area (Å²) >= 11 is 5.78. The minimum absolute atomic E-state index is 0.00753. The Morgan fingerprint density at radius 3 is 2.32 bits per heavy atom. The van der Waals surface area contributed by atoms with Crippen LogP contribution in [0.15, 0.2) is 42.5 Å². The van der Waals surface area contributed by atoms with Gasteiger partial charge in [-0.3, -0.25) is 24.5 Å². The Kier molecular flexibility index (Phi) is 7.71. The van der Waals surface area contributed by atoms with Crippen molar-refractivity contribution < 1.29 is 19.3 Å². The number of benzene rings is 2. The van der Waals surface area contributed by atoms with Gasteiger partial charge in [-0.05, 0) is 36.2 Å². The SMILES string of the molecule is CC(C)C(NC(=O)c1ccc(Cl)c([N+](=O)[O-])c1)C(=O)Nc1cccc(C(=O)N(C)C)c1. The summed E-state index contributed by atoms with van der Waals surface area (Å²) in [6, 6.07) is 9.19. The van der Waals surface area contributed by atoms with Gasteiger partial charge in [-0.25, -0.2) is 0 Å². The second kappa shape index (κ2) is 10.0. The van der Waals surface area contributed by atoms with Crippen LogP contribution in [0.1, 0.15) is 34.6 Å². The van der Waals surface area contributed by atoms with E-state index in [1.807, 2.05) is 0 Å². The van der Waals surface area contributed by atoms with Crippen LogP contribution in [0.2, 0.25) is 5.02 Å². The molecule has 0 aliphatic rings. The molecule has 0 aliphatic carbocycles. The van der Waals surface area contributed by atoms with Gasteiger partial charge in [-0.1, -0.05) is 31.5 Å². The van der Waals surface area contributed by atoms with E-state index in [1.54, 1.807) is 52.2 Å². The Balaban J connectivity index is 2.19. The normalized spacial score (nSPS) is 11.5. The van der Waals surface area contributed by atoms with Crippen molar-refractivity contribution in [3.63, 3.8) is 0 Å². The minimum atomic E-state index is -0.921. The largest absolute Gasteiger partial charge is 0.345 e. The molecule has 31 heavy (non-hydrogen) atoms. The summed E-state index contributed by atoms with van der Waals surface area (Å²) in [5, 5.41) is 16.3. The summed E-state index contributed by atoms with van der Waals surface area (Å²) in [4.78, 5) is 49.3. The molecule has 1 unspecified atom stereocenters. The molecule has 0 spiro atoms. The number of rotatable bonds is 7. The molecule has 2 aromatic rings. The lowest BCUT2D eigenvalue weighted by molar-refractivity contribution is -0.384. The number of hydrogen-bond donors (Lipinski definition) is 2. The Labute approximate surface area is 184 Å². The Morgan fingerprint density at radius 2 is 1.74 bits per heavy atom. The van der Waals surface area contributed by atoms with E-state index in [9.17, 15) is 24.5 Å². The first kappa shape index (κ1) is 23.8. The fourth-order valence-corrected chi connectivity index (χ4v) is 2.95. The first-order valence-electron chi connectivity index (χ1n) is 9.38. The highest BCUT2D eigenvalue weighted by Crippen LogP contribution is 2.25. The van der Waals surface area contributed by atoms with E-state index in [1.165, 1.54) is 17.0 Å². The number of hydrogen-bond acceptors (Lipinski definition) is 5. The molecule has 0 fully saturated rings. The van der Waals surface area contributed by atoms with Crippen LogP contribution in [0, 0.1) is 16.0 Å². The average molecular weight is 447 g/mol. The maximum absolute atomic E-state index is 12.8. The summed E-state index contributed by atoms with van der Waals surface area (Å²) in [6.07, 6.45) is 0. The van der Waals surface area contributed by atoms with Gasteiger partial charge >= 0.3 is 0 Å². The smallest absolute Gasteiger partial charge is 0.288 e. The van der Waals surface area contributed by atoms with Gasteiger partial charge in [0.15, 0.2) is 0 Å². The zero-order valence-corrected chi connectivity index (χ0v) is 18.3. The molecule has 2 rings (SSSR count). The lowest BCUT2D eigenvalue weighted by Gasteiger charge is -2.22. The highest BCUT2D eigenvalue weighted by atomic mass is 35.5. The predicted molar refractivity (Wildman–Crippen MR) is 117 cm³/mol. The molecule has 10 heteroatoms. The van der Waals surface area contributed by atoms with E-state index < -0.39 is 28.5 Å². The van der Waals surface area contributed by atoms with Crippen molar-refractivity contribution in [2.24, 2.45) is 5.92 Å². The van der Waals surface area contributed by atoms with Crippen molar-refractivity contribution >= 4 is 40.7 Å². The van der Waals surface area contributed by atoms with Gasteiger partial charge < -0.3 is 15.5 Å². The molecule has 0 heterocycles. The van der Waals surface area contributed by atoms with E-state index in [-0.39, 0.29) is 22.4 Å².